The standard InChI is InChI=1S/C12H12BrClN4O/c1-2-18-6-8(15)11(17-18)12(19)16-9-5-3-4-7(14)10(9)13/h3-6H,2,15H2,1H3,(H,16,19). The molecule has 0 aliphatic carbocycles. The lowest BCUT2D eigenvalue weighted by molar-refractivity contribution is 0.102. The third-order valence-electron chi connectivity index (χ3n) is 2.53. The van der Waals surface area contributed by atoms with E-state index in [1.54, 1.807) is 29.1 Å². The number of anilines is 2. The fourth-order valence-electron chi connectivity index (χ4n) is 1.56. The Kier molecular flexibility index (Phi) is 4.11. The Morgan fingerprint density at radius 3 is 2.95 bits per heavy atom. The number of amides is 1. The van der Waals surface area contributed by atoms with Gasteiger partial charge in [-0.1, -0.05) is 17.7 Å². The second-order valence-corrected chi connectivity index (χ2v) is 5.04. The molecule has 1 aromatic carbocycles. The molecule has 3 N–H and O–H groups in total. The number of nitrogen functional groups attached to an aromatic ring is 1. The van der Waals surface area contributed by atoms with Crippen molar-refractivity contribution >= 4 is 44.8 Å². The lowest BCUT2D eigenvalue weighted by atomic mass is 10.3. The average Bonchev–Trinajstić information content (AvgIpc) is 2.76. The van der Waals surface area contributed by atoms with Crippen LogP contribution in [0, 0.1) is 0 Å². The minimum Gasteiger partial charge on any atom is -0.396 e. The van der Waals surface area contributed by atoms with Gasteiger partial charge in [-0.3, -0.25) is 9.48 Å². The van der Waals surface area contributed by atoms with E-state index in [4.69, 9.17) is 17.3 Å². The number of benzene rings is 1. The molecular formula is C12H12BrClN4O. The van der Waals surface area contributed by atoms with Gasteiger partial charge >= 0.3 is 0 Å². The quantitative estimate of drug-likeness (QED) is 0.899. The van der Waals surface area contributed by atoms with Crippen LogP contribution < -0.4 is 11.1 Å². The van der Waals surface area contributed by atoms with Crippen LogP contribution >= 0.6 is 27.5 Å². The van der Waals surface area contributed by atoms with E-state index < -0.39 is 0 Å². The Morgan fingerprint density at radius 1 is 1.58 bits per heavy atom. The molecule has 0 saturated heterocycles. The molecule has 5 nitrogen and oxygen atoms in total. The van der Waals surface area contributed by atoms with Crippen molar-refractivity contribution in [2.75, 3.05) is 11.1 Å². The Balaban J connectivity index is 2.25. The fourth-order valence-corrected chi connectivity index (χ4v) is 2.10. The van der Waals surface area contributed by atoms with E-state index in [0.717, 1.165) is 0 Å². The Bertz CT molecular complexity index is 626. The van der Waals surface area contributed by atoms with Crippen molar-refractivity contribution in [3.63, 3.8) is 0 Å². The van der Waals surface area contributed by atoms with Gasteiger partial charge < -0.3 is 11.1 Å². The second-order valence-electron chi connectivity index (χ2n) is 3.84. The monoisotopic (exact) mass is 342 g/mol. The zero-order chi connectivity index (χ0) is 14.0. The summed E-state index contributed by atoms with van der Waals surface area (Å²) >= 11 is 9.27. The molecular weight excluding hydrogens is 332 g/mol. The van der Waals surface area contributed by atoms with Crippen LogP contribution in [0.2, 0.25) is 5.02 Å². The summed E-state index contributed by atoms with van der Waals surface area (Å²) in [6.45, 7) is 2.57. The molecule has 0 aliphatic rings. The average molecular weight is 344 g/mol. The SMILES string of the molecule is CCn1cc(N)c(C(=O)Nc2cccc(Cl)c2Br)n1. The maximum absolute atomic E-state index is 12.1. The minimum absolute atomic E-state index is 0.203. The number of aromatic nitrogens is 2. The summed E-state index contributed by atoms with van der Waals surface area (Å²) < 4.78 is 2.23. The first-order chi connectivity index (χ1) is 9.02. The van der Waals surface area contributed by atoms with Crippen LogP contribution in [0.3, 0.4) is 0 Å². The minimum atomic E-state index is -0.368. The number of carbonyl (C=O) groups is 1. The van der Waals surface area contributed by atoms with E-state index in [1.165, 1.54) is 0 Å². The molecule has 0 bridgehead atoms. The molecule has 1 aromatic heterocycles. The summed E-state index contributed by atoms with van der Waals surface area (Å²) in [4.78, 5) is 12.1. The molecule has 0 unspecified atom stereocenters. The number of aryl methyl sites for hydroxylation is 1. The molecule has 19 heavy (non-hydrogen) atoms. The van der Waals surface area contributed by atoms with E-state index in [0.29, 0.717) is 27.4 Å². The Labute approximate surface area is 123 Å². The molecule has 0 fully saturated rings. The van der Waals surface area contributed by atoms with Gasteiger partial charge in [0.15, 0.2) is 5.69 Å². The maximum Gasteiger partial charge on any atom is 0.278 e. The highest BCUT2D eigenvalue weighted by Gasteiger charge is 2.16. The lowest BCUT2D eigenvalue weighted by Gasteiger charge is -2.07. The van der Waals surface area contributed by atoms with E-state index in [9.17, 15) is 4.79 Å². The summed E-state index contributed by atoms with van der Waals surface area (Å²) in [7, 11) is 0. The number of rotatable bonds is 3. The van der Waals surface area contributed by atoms with Crippen molar-refractivity contribution in [3.05, 3.63) is 39.6 Å². The van der Waals surface area contributed by atoms with Crippen molar-refractivity contribution in [2.24, 2.45) is 0 Å². The smallest absolute Gasteiger partial charge is 0.278 e. The number of nitrogens with two attached hydrogens (primary N) is 1. The van der Waals surface area contributed by atoms with Gasteiger partial charge in [0.1, 0.15) is 0 Å². The van der Waals surface area contributed by atoms with Gasteiger partial charge in [-0.05, 0) is 35.0 Å². The van der Waals surface area contributed by atoms with Crippen LogP contribution in [0.4, 0.5) is 11.4 Å². The first-order valence-electron chi connectivity index (χ1n) is 5.61. The van der Waals surface area contributed by atoms with Crippen molar-refractivity contribution in [2.45, 2.75) is 13.5 Å². The van der Waals surface area contributed by atoms with Gasteiger partial charge in [-0.25, -0.2) is 0 Å². The van der Waals surface area contributed by atoms with Crippen LogP contribution in [0.15, 0.2) is 28.9 Å². The van der Waals surface area contributed by atoms with Crippen molar-refractivity contribution in [1.82, 2.24) is 9.78 Å². The van der Waals surface area contributed by atoms with Gasteiger partial charge in [-0.2, -0.15) is 5.10 Å². The third kappa shape index (κ3) is 2.90. The van der Waals surface area contributed by atoms with Crippen LogP contribution in [-0.2, 0) is 6.54 Å². The molecule has 7 heteroatoms. The molecule has 0 saturated carbocycles. The molecule has 100 valence electrons. The first kappa shape index (κ1) is 13.9. The fraction of sp³-hybridized carbons (Fsp3) is 0.167. The second kappa shape index (κ2) is 5.63. The van der Waals surface area contributed by atoms with Crippen molar-refractivity contribution in [1.29, 1.82) is 0 Å². The predicted molar refractivity (Wildman–Crippen MR) is 79.4 cm³/mol. The maximum atomic E-state index is 12.1. The largest absolute Gasteiger partial charge is 0.396 e. The zero-order valence-electron chi connectivity index (χ0n) is 10.2. The molecule has 1 amide bonds. The molecule has 2 aromatic rings. The zero-order valence-corrected chi connectivity index (χ0v) is 12.5. The molecule has 1 heterocycles. The van der Waals surface area contributed by atoms with E-state index >= 15 is 0 Å². The van der Waals surface area contributed by atoms with Gasteiger partial charge in [0.25, 0.3) is 5.91 Å². The molecule has 0 aliphatic heterocycles. The highest BCUT2D eigenvalue weighted by molar-refractivity contribution is 9.10. The van der Waals surface area contributed by atoms with E-state index in [1.807, 2.05) is 6.92 Å². The Hall–Kier alpha value is -1.53. The summed E-state index contributed by atoms with van der Waals surface area (Å²) in [6.07, 6.45) is 1.63. The van der Waals surface area contributed by atoms with Crippen LogP contribution in [-0.4, -0.2) is 15.7 Å². The highest BCUT2D eigenvalue weighted by Crippen LogP contribution is 2.30. The van der Waals surface area contributed by atoms with Crippen molar-refractivity contribution < 1.29 is 4.79 Å². The van der Waals surface area contributed by atoms with Gasteiger partial charge in [-0.15, -0.1) is 0 Å². The van der Waals surface area contributed by atoms with Crippen LogP contribution in [0.5, 0.6) is 0 Å². The first-order valence-corrected chi connectivity index (χ1v) is 6.78. The normalized spacial score (nSPS) is 10.5. The molecule has 0 atom stereocenters. The van der Waals surface area contributed by atoms with Crippen molar-refractivity contribution in [3.8, 4) is 0 Å². The van der Waals surface area contributed by atoms with Gasteiger partial charge in [0, 0.05) is 12.7 Å². The number of carbonyl (C=O) groups excluding carboxylic acids is 1. The predicted octanol–water partition coefficient (Wildman–Crippen LogP) is 3.15. The number of hydrogen-bond donors (Lipinski definition) is 2. The number of nitrogens with zero attached hydrogens (tertiary/aromatic N) is 2. The molecule has 0 spiro atoms. The number of hydrogen-bond acceptors (Lipinski definition) is 3. The van der Waals surface area contributed by atoms with Gasteiger partial charge in [0.2, 0.25) is 0 Å². The number of nitrogens with one attached hydrogen (secondary N) is 1. The summed E-state index contributed by atoms with van der Waals surface area (Å²) in [5, 5.41) is 7.35. The summed E-state index contributed by atoms with van der Waals surface area (Å²) in [6, 6.07) is 5.21. The lowest BCUT2D eigenvalue weighted by Crippen LogP contribution is -2.15. The summed E-state index contributed by atoms with van der Waals surface area (Å²) in [5.41, 5.74) is 6.88. The number of halogens is 2. The van der Waals surface area contributed by atoms with Crippen LogP contribution in [0.1, 0.15) is 17.4 Å². The topological polar surface area (TPSA) is 72.9 Å². The molecule has 2 rings (SSSR count). The van der Waals surface area contributed by atoms with Gasteiger partial charge in [0.05, 0.1) is 20.9 Å². The molecule has 0 radical (unpaired) electrons. The van der Waals surface area contributed by atoms with E-state index in [2.05, 4.69) is 26.3 Å². The Morgan fingerprint density at radius 2 is 2.32 bits per heavy atom. The van der Waals surface area contributed by atoms with E-state index in [-0.39, 0.29) is 11.6 Å². The third-order valence-corrected chi connectivity index (χ3v) is 3.93. The highest BCUT2D eigenvalue weighted by atomic mass is 79.9. The summed E-state index contributed by atoms with van der Waals surface area (Å²) in [5.74, 6) is -0.368. The van der Waals surface area contributed by atoms with Crippen LogP contribution in [0.25, 0.3) is 0 Å².